The summed E-state index contributed by atoms with van der Waals surface area (Å²) in [6.45, 7) is 3.79. The van der Waals surface area contributed by atoms with Gasteiger partial charge in [0.15, 0.2) is 5.78 Å². The number of rotatable bonds is 8. The van der Waals surface area contributed by atoms with Crippen LogP contribution in [-0.2, 0) is 22.6 Å². The van der Waals surface area contributed by atoms with E-state index in [1.165, 1.54) is 30.4 Å². The number of carbonyl (C=O) groups excluding carboxylic acids is 2. The molecule has 0 amide bonds. The third-order valence-corrected chi connectivity index (χ3v) is 5.04. The van der Waals surface area contributed by atoms with Crippen LogP contribution >= 0.6 is 11.3 Å². The molecule has 7 heteroatoms. The van der Waals surface area contributed by atoms with Crippen LogP contribution in [0, 0.1) is 5.82 Å². The highest BCUT2D eigenvalue weighted by atomic mass is 32.1. The zero-order valence-electron chi connectivity index (χ0n) is 16.1. The van der Waals surface area contributed by atoms with Gasteiger partial charge in [-0.2, -0.15) is 0 Å². The summed E-state index contributed by atoms with van der Waals surface area (Å²) in [6, 6.07) is 11.2. The van der Waals surface area contributed by atoms with Crippen molar-refractivity contribution in [3.63, 3.8) is 0 Å². The lowest BCUT2D eigenvalue weighted by Crippen LogP contribution is -2.10. The van der Waals surface area contributed by atoms with Crippen LogP contribution in [0.25, 0.3) is 10.6 Å². The van der Waals surface area contributed by atoms with E-state index in [9.17, 15) is 14.0 Å². The average Bonchev–Trinajstić information content (AvgIpc) is 3.15. The van der Waals surface area contributed by atoms with Crippen molar-refractivity contribution in [2.24, 2.45) is 0 Å². The number of ether oxygens (including phenoxy) is 2. The third kappa shape index (κ3) is 5.48. The molecule has 0 saturated heterocycles. The molecule has 1 aromatic heterocycles. The fourth-order valence-corrected chi connectivity index (χ4v) is 3.52. The van der Waals surface area contributed by atoms with Crippen LogP contribution in [-0.4, -0.2) is 23.3 Å². The molecule has 0 aliphatic rings. The molecule has 0 N–H and O–H groups in total. The molecule has 5 nitrogen and oxygen atoms in total. The van der Waals surface area contributed by atoms with E-state index in [2.05, 4.69) is 4.98 Å². The summed E-state index contributed by atoms with van der Waals surface area (Å²) >= 11 is 1.34. The summed E-state index contributed by atoms with van der Waals surface area (Å²) in [7, 11) is 0. The number of hydrogen-bond acceptors (Lipinski definition) is 6. The minimum absolute atomic E-state index is 0.00217. The molecule has 150 valence electrons. The van der Waals surface area contributed by atoms with E-state index in [-0.39, 0.29) is 24.6 Å². The molecule has 0 spiro atoms. The van der Waals surface area contributed by atoms with Crippen molar-refractivity contribution in [3.05, 3.63) is 70.5 Å². The van der Waals surface area contributed by atoms with Gasteiger partial charge in [-0.1, -0.05) is 12.1 Å². The first kappa shape index (κ1) is 20.7. The highest BCUT2D eigenvalue weighted by Crippen LogP contribution is 2.25. The second-order valence-electron chi connectivity index (χ2n) is 6.30. The average molecular weight is 413 g/mol. The number of hydrogen-bond donors (Lipinski definition) is 0. The van der Waals surface area contributed by atoms with Gasteiger partial charge in [-0.05, 0) is 44.2 Å². The second kappa shape index (κ2) is 9.43. The number of esters is 1. The Bertz CT molecular complexity index is 1030. The van der Waals surface area contributed by atoms with Crippen LogP contribution in [0.4, 0.5) is 4.39 Å². The van der Waals surface area contributed by atoms with Gasteiger partial charge in [0.05, 0.1) is 18.7 Å². The van der Waals surface area contributed by atoms with Crippen molar-refractivity contribution in [3.8, 4) is 16.3 Å². The Morgan fingerprint density at radius 2 is 2.00 bits per heavy atom. The van der Waals surface area contributed by atoms with Crippen LogP contribution in [0.5, 0.6) is 5.75 Å². The van der Waals surface area contributed by atoms with Gasteiger partial charge in [0.1, 0.15) is 23.2 Å². The standard InChI is InChI=1S/C22H20FNO4S/c1-3-27-20-8-7-15(14(2)25)9-17(20)12-28-21(26)11-19-13-29-22(24-19)16-5-4-6-18(23)10-16/h4-10,13H,3,11-12H2,1-2H3. The van der Waals surface area contributed by atoms with Crippen molar-refractivity contribution in [1.82, 2.24) is 4.98 Å². The van der Waals surface area contributed by atoms with Crippen LogP contribution in [0.1, 0.15) is 35.5 Å². The lowest BCUT2D eigenvalue weighted by Gasteiger charge is -2.12. The zero-order valence-corrected chi connectivity index (χ0v) is 16.9. The van der Waals surface area contributed by atoms with Crippen molar-refractivity contribution in [1.29, 1.82) is 0 Å². The van der Waals surface area contributed by atoms with Gasteiger partial charge in [0.25, 0.3) is 0 Å². The lowest BCUT2D eigenvalue weighted by molar-refractivity contribution is -0.144. The number of halogens is 1. The topological polar surface area (TPSA) is 65.5 Å². The van der Waals surface area contributed by atoms with Gasteiger partial charge in [0.2, 0.25) is 0 Å². The summed E-state index contributed by atoms with van der Waals surface area (Å²) in [6.07, 6.45) is 0.00217. The van der Waals surface area contributed by atoms with Crippen molar-refractivity contribution in [2.75, 3.05) is 6.61 Å². The summed E-state index contributed by atoms with van der Waals surface area (Å²) in [5.74, 6) is -0.284. The Morgan fingerprint density at radius 1 is 1.17 bits per heavy atom. The van der Waals surface area contributed by atoms with Gasteiger partial charge in [0, 0.05) is 22.1 Å². The molecule has 0 radical (unpaired) electrons. The van der Waals surface area contributed by atoms with E-state index in [4.69, 9.17) is 9.47 Å². The number of carbonyl (C=O) groups is 2. The molecule has 3 aromatic rings. The van der Waals surface area contributed by atoms with E-state index < -0.39 is 5.97 Å². The summed E-state index contributed by atoms with van der Waals surface area (Å²) in [5, 5.41) is 2.39. The Morgan fingerprint density at radius 3 is 2.72 bits per heavy atom. The maximum absolute atomic E-state index is 13.4. The Balaban J connectivity index is 1.65. The fraction of sp³-hybridized carbons (Fsp3) is 0.227. The van der Waals surface area contributed by atoms with E-state index in [1.807, 2.05) is 6.92 Å². The number of aromatic nitrogens is 1. The molecule has 0 aliphatic heterocycles. The first-order valence-corrected chi connectivity index (χ1v) is 9.97. The summed E-state index contributed by atoms with van der Waals surface area (Å²) < 4.78 is 24.3. The number of benzene rings is 2. The van der Waals surface area contributed by atoms with Crippen molar-refractivity contribution < 1.29 is 23.5 Å². The highest BCUT2D eigenvalue weighted by Gasteiger charge is 2.13. The summed E-state index contributed by atoms with van der Waals surface area (Å²) in [5.41, 5.74) is 2.38. The molecule has 0 fully saturated rings. The van der Waals surface area contributed by atoms with Crippen molar-refractivity contribution >= 4 is 23.1 Å². The van der Waals surface area contributed by atoms with E-state index >= 15 is 0 Å². The minimum Gasteiger partial charge on any atom is -0.493 e. The van der Waals surface area contributed by atoms with Crippen molar-refractivity contribution in [2.45, 2.75) is 26.9 Å². The summed E-state index contributed by atoms with van der Waals surface area (Å²) in [4.78, 5) is 28.2. The number of ketones is 1. The molecule has 0 atom stereocenters. The maximum Gasteiger partial charge on any atom is 0.312 e. The largest absolute Gasteiger partial charge is 0.493 e. The fourth-order valence-electron chi connectivity index (χ4n) is 2.71. The molecule has 2 aromatic carbocycles. The number of nitrogens with zero attached hydrogens (tertiary/aromatic N) is 1. The van der Waals surface area contributed by atoms with E-state index in [0.717, 1.165) is 0 Å². The predicted molar refractivity (Wildman–Crippen MR) is 109 cm³/mol. The monoisotopic (exact) mass is 413 g/mol. The molecular formula is C22H20FNO4S. The van der Waals surface area contributed by atoms with Gasteiger partial charge in [-0.15, -0.1) is 11.3 Å². The molecule has 0 bridgehead atoms. The van der Waals surface area contributed by atoms with E-state index in [0.29, 0.717) is 39.7 Å². The van der Waals surface area contributed by atoms with E-state index in [1.54, 1.807) is 35.7 Å². The van der Waals surface area contributed by atoms with Crippen LogP contribution in [0.15, 0.2) is 47.8 Å². The first-order valence-electron chi connectivity index (χ1n) is 9.09. The molecule has 1 heterocycles. The van der Waals surface area contributed by atoms with Crippen LogP contribution in [0.2, 0.25) is 0 Å². The SMILES string of the molecule is CCOc1ccc(C(C)=O)cc1COC(=O)Cc1csc(-c2cccc(F)c2)n1. The smallest absolute Gasteiger partial charge is 0.312 e. The molecule has 29 heavy (non-hydrogen) atoms. The lowest BCUT2D eigenvalue weighted by atomic mass is 10.1. The second-order valence-corrected chi connectivity index (χ2v) is 7.16. The van der Waals surface area contributed by atoms with Gasteiger partial charge < -0.3 is 9.47 Å². The number of thiazole rings is 1. The quantitative estimate of drug-likeness (QED) is 0.391. The highest BCUT2D eigenvalue weighted by molar-refractivity contribution is 7.13. The third-order valence-electron chi connectivity index (χ3n) is 4.10. The van der Waals surface area contributed by atoms with Crippen LogP contribution < -0.4 is 4.74 Å². The Kier molecular flexibility index (Phi) is 6.72. The molecule has 3 rings (SSSR count). The van der Waals surface area contributed by atoms with Gasteiger partial charge in [-0.3, -0.25) is 9.59 Å². The van der Waals surface area contributed by atoms with Gasteiger partial charge >= 0.3 is 5.97 Å². The molecular weight excluding hydrogens is 393 g/mol. The number of Topliss-reactive ketones (excluding diaryl/α,β-unsaturated/α-hetero) is 1. The van der Waals surface area contributed by atoms with Crippen LogP contribution in [0.3, 0.4) is 0 Å². The first-order chi connectivity index (χ1) is 14.0. The molecule has 0 saturated carbocycles. The normalized spacial score (nSPS) is 10.6. The maximum atomic E-state index is 13.4. The Labute approximate surface area is 172 Å². The molecule has 0 unspecified atom stereocenters. The predicted octanol–water partition coefficient (Wildman–Crippen LogP) is 4.84. The Hall–Kier alpha value is -3.06. The minimum atomic E-state index is -0.447. The molecule has 0 aliphatic carbocycles. The zero-order chi connectivity index (χ0) is 20.8. The van der Waals surface area contributed by atoms with Gasteiger partial charge in [-0.25, -0.2) is 9.37 Å².